The van der Waals surface area contributed by atoms with Gasteiger partial charge in [0, 0.05) is 6.42 Å². The summed E-state index contributed by atoms with van der Waals surface area (Å²) in [7, 11) is 0. The van der Waals surface area contributed by atoms with Gasteiger partial charge in [0.15, 0.2) is 6.10 Å². The first kappa shape index (κ1) is 15.0. The monoisotopic (exact) mass is 224 g/mol. The van der Waals surface area contributed by atoms with E-state index in [-0.39, 0.29) is 12.1 Å². The molecule has 2 heteroatoms. The van der Waals surface area contributed by atoms with Crippen LogP contribution in [0.2, 0.25) is 0 Å². The predicted octanol–water partition coefficient (Wildman–Crippen LogP) is 3.69. The van der Waals surface area contributed by atoms with E-state index in [1.165, 1.54) is 19.3 Å². The van der Waals surface area contributed by atoms with Gasteiger partial charge in [0.05, 0.1) is 0 Å². The molecule has 0 fully saturated rings. The van der Waals surface area contributed by atoms with Crippen molar-refractivity contribution >= 4 is 5.97 Å². The molecule has 0 aliphatic heterocycles. The van der Waals surface area contributed by atoms with Crippen molar-refractivity contribution < 1.29 is 9.53 Å². The first-order chi connectivity index (χ1) is 7.74. The van der Waals surface area contributed by atoms with Gasteiger partial charge in [-0.3, -0.25) is 4.79 Å². The fourth-order valence-electron chi connectivity index (χ4n) is 1.47. The number of ether oxygens (including phenoxy) is 1. The van der Waals surface area contributed by atoms with E-state index in [0.717, 1.165) is 19.3 Å². The van der Waals surface area contributed by atoms with E-state index in [1.807, 2.05) is 6.92 Å². The molecule has 0 heterocycles. The van der Waals surface area contributed by atoms with E-state index >= 15 is 0 Å². The molecule has 1 atom stereocenters. The summed E-state index contributed by atoms with van der Waals surface area (Å²) < 4.78 is 5.23. The summed E-state index contributed by atoms with van der Waals surface area (Å²) in [6, 6.07) is 0. The first-order valence-electron chi connectivity index (χ1n) is 6.36. The molecule has 0 saturated carbocycles. The third-order valence-electron chi connectivity index (χ3n) is 2.43. The molecule has 0 amide bonds. The highest BCUT2D eigenvalue weighted by molar-refractivity contribution is 5.69. The lowest BCUT2D eigenvalue weighted by Crippen LogP contribution is -2.15. The van der Waals surface area contributed by atoms with E-state index in [1.54, 1.807) is 6.92 Å². The molecular formula is C14H24O2. The lowest BCUT2D eigenvalue weighted by Gasteiger charge is -2.09. The molecular weight excluding hydrogens is 200 g/mol. The third-order valence-corrected chi connectivity index (χ3v) is 2.43. The summed E-state index contributed by atoms with van der Waals surface area (Å²) in [5.74, 6) is 5.56. The standard InChI is InChI=1S/C14H24O2/c1-4-7-8-9-10-12-14(15)16-13(6-3)11-5-2/h13H,4,6-10,12H2,1-3H3. The minimum absolute atomic E-state index is 0.105. The quantitative estimate of drug-likeness (QED) is 0.357. The van der Waals surface area contributed by atoms with Gasteiger partial charge in [-0.05, 0) is 19.8 Å². The maximum absolute atomic E-state index is 11.4. The van der Waals surface area contributed by atoms with E-state index in [2.05, 4.69) is 18.8 Å². The zero-order valence-electron chi connectivity index (χ0n) is 10.8. The summed E-state index contributed by atoms with van der Waals surface area (Å²) in [5.41, 5.74) is 0. The Labute approximate surface area is 99.8 Å². The second kappa shape index (κ2) is 10.5. The van der Waals surface area contributed by atoms with Crippen LogP contribution in [-0.4, -0.2) is 12.1 Å². The molecule has 0 aliphatic rings. The van der Waals surface area contributed by atoms with Crippen LogP contribution in [0.15, 0.2) is 0 Å². The van der Waals surface area contributed by atoms with Crippen LogP contribution in [0.1, 0.15) is 65.7 Å². The van der Waals surface area contributed by atoms with Gasteiger partial charge in [0.1, 0.15) is 0 Å². The van der Waals surface area contributed by atoms with Crippen molar-refractivity contribution in [3.63, 3.8) is 0 Å². The summed E-state index contributed by atoms with van der Waals surface area (Å²) in [4.78, 5) is 11.4. The van der Waals surface area contributed by atoms with Crippen LogP contribution in [0, 0.1) is 11.8 Å². The minimum atomic E-state index is -0.215. The molecule has 0 N–H and O–H groups in total. The zero-order valence-corrected chi connectivity index (χ0v) is 10.8. The fourth-order valence-corrected chi connectivity index (χ4v) is 1.47. The molecule has 0 bridgehead atoms. The summed E-state index contributed by atoms with van der Waals surface area (Å²) >= 11 is 0. The summed E-state index contributed by atoms with van der Waals surface area (Å²) in [6.07, 6.45) is 6.85. The van der Waals surface area contributed by atoms with Crippen LogP contribution in [0.4, 0.5) is 0 Å². The van der Waals surface area contributed by atoms with E-state index in [9.17, 15) is 4.79 Å². The number of unbranched alkanes of at least 4 members (excludes halogenated alkanes) is 4. The summed E-state index contributed by atoms with van der Waals surface area (Å²) in [5, 5.41) is 0. The Morgan fingerprint density at radius 2 is 1.88 bits per heavy atom. The van der Waals surface area contributed by atoms with E-state index in [0.29, 0.717) is 6.42 Å². The fraction of sp³-hybridized carbons (Fsp3) is 0.786. The van der Waals surface area contributed by atoms with Crippen molar-refractivity contribution in [3.05, 3.63) is 0 Å². The number of esters is 1. The van der Waals surface area contributed by atoms with Crippen molar-refractivity contribution in [2.45, 2.75) is 71.8 Å². The molecule has 0 rings (SSSR count). The molecule has 0 spiro atoms. The van der Waals surface area contributed by atoms with Crippen LogP contribution in [-0.2, 0) is 9.53 Å². The molecule has 92 valence electrons. The van der Waals surface area contributed by atoms with Crippen molar-refractivity contribution in [3.8, 4) is 11.8 Å². The van der Waals surface area contributed by atoms with Crippen molar-refractivity contribution in [2.24, 2.45) is 0 Å². The minimum Gasteiger partial charge on any atom is -0.449 e. The Bertz CT molecular complexity index is 235. The van der Waals surface area contributed by atoms with Crippen molar-refractivity contribution in [1.29, 1.82) is 0 Å². The highest BCUT2D eigenvalue weighted by atomic mass is 16.5. The SMILES string of the molecule is CC#CC(CC)OC(=O)CCCCCCC. The Kier molecular flexibility index (Phi) is 9.91. The van der Waals surface area contributed by atoms with Gasteiger partial charge >= 0.3 is 5.97 Å². The first-order valence-corrected chi connectivity index (χ1v) is 6.36. The van der Waals surface area contributed by atoms with Gasteiger partial charge < -0.3 is 4.74 Å². The predicted molar refractivity (Wildman–Crippen MR) is 67.0 cm³/mol. The largest absolute Gasteiger partial charge is 0.449 e. The molecule has 2 nitrogen and oxygen atoms in total. The van der Waals surface area contributed by atoms with Gasteiger partial charge in [0.25, 0.3) is 0 Å². The average Bonchev–Trinajstić information content (AvgIpc) is 2.28. The van der Waals surface area contributed by atoms with Crippen LogP contribution < -0.4 is 0 Å². The molecule has 0 aromatic carbocycles. The second-order valence-corrected chi connectivity index (χ2v) is 3.95. The molecule has 0 saturated heterocycles. The number of hydrogen-bond acceptors (Lipinski definition) is 2. The number of carbonyl (C=O) groups is 1. The zero-order chi connectivity index (χ0) is 12.2. The topological polar surface area (TPSA) is 26.3 Å². The van der Waals surface area contributed by atoms with E-state index in [4.69, 9.17) is 4.74 Å². The van der Waals surface area contributed by atoms with Crippen LogP contribution in [0.3, 0.4) is 0 Å². The summed E-state index contributed by atoms with van der Waals surface area (Å²) in [6.45, 7) is 5.92. The molecule has 16 heavy (non-hydrogen) atoms. The number of carbonyl (C=O) groups excluding carboxylic acids is 1. The maximum atomic E-state index is 11.4. The van der Waals surface area contributed by atoms with Crippen molar-refractivity contribution in [2.75, 3.05) is 0 Å². The molecule has 0 aromatic rings. The third kappa shape index (κ3) is 8.35. The Balaban J connectivity index is 3.59. The lowest BCUT2D eigenvalue weighted by molar-refractivity contribution is -0.146. The van der Waals surface area contributed by atoms with Crippen molar-refractivity contribution in [1.82, 2.24) is 0 Å². The van der Waals surface area contributed by atoms with Crippen LogP contribution in [0.25, 0.3) is 0 Å². The maximum Gasteiger partial charge on any atom is 0.307 e. The van der Waals surface area contributed by atoms with Gasteiger partial charge in [-0.1, -0.05) is 45.5 Å². The highest BCUT2D eigenvalue weighted by Gasteiger charge is 2.08. The molecule has 1 unspecified atom stereocenters. The van der Waals surface area contributed by atoms with Gasteiger partial charge in [-0.15, -0.1) is 5.92 Å². The molecule has 0 aromatic heterocycles. The average molecular weight is 224 g/mol. The molecule has 0 aliphatic carbocycles. The smallest absolute Gasteiger partial charge is 0.307 e. The number of rotatable bonds is 8. The second-order valence-electron chi connectivity index (χ2n) is 3.95. The van der Waals surface area contributed by atoms with Crippen LogP contribution >= 0.6 is 0 Å². The molecule has 0 radical (unpaired) electrons. The van der Waals surface area contributed by atoms with E-state index < -0.39 is 0 Å². The van der Waals surface area contributed by atoms with Crippen LogP contribution in [0.5, 0.6) is 0 Å². The van der Waals surface area contributed by atoms with Gasteiger partial charge in [-0.25, -0.2) is 0 Å². The number of hydrogen-bond donors (Lipinski definition) is 0. The Morgan fingerprint density at radius 3 is 2.44 bits per heavy atom. The highest BCUT2D eigenvalue weighted by Crippen LogP contribution is 2.07. The Morgan fingerprint density at radius 1 is 1.19 bits per heavy atom. The van der Waals surface area contributed by atoms with Gasteiger partial charge in [-0.2, -0.15) is 0 Å². The lowest BCUT2D eigenvalue weighted by atomic mass is 10.1. The normalized spacial score (nSPS) is 11.4. The Hall–Kier alpha value is -0.970. The van der Waals surface area contributed by atoms with Gasteiger partial charge in [0.2, 0.25) is 0 Å².